The van der Waals surface area contributed by atoms with Gasteiger partial charge in [0, 0.05) is 30.5 Å². The fourth-order valence-electron chi connectivity index (χ4n) is 3.73. The first kappa shape index (κ1) is 18.9. The summed E-state index contributed by atoms with van der Waals surface area (Å²) in [6, 6.07) is 14.8. The molecule has 2 amide bonds. The maximum absolute atomic E-state index is 14.1. The van der Waals surface area contributed by atoms with E-state index in [0.29, 0.717) is 24.6 Å². The Balaban J connectivity index is 1.76. The van der Waals surface area contributed by atoms with Crippen molar-refractivity contribution in [3.05, 3.63) is 77.9 Å². The highest BCUT2D eigenvalue weighted by Crippen LogP contribution is 2.39. The second-order valence-corrected chi connectivity index (χ2v) is 6.74. The fraction of sp³-hybridized carbons (Fsp3) is 0.227. The smallest absolute Gasteiger partial charge is 0.322 e. The lowest BCUT2D eigenvalue weighted by molar-refractivity contribution is 0.180. The van der Waals surface area contributed by atoms with E-state index in [4.69, 9.17) is 9.47 Å². The van der Waals surface area contributed by atoms with E-state index in [-0.39, 0.29) is 11.7 Å². The maximum atomic E-state index is 14.1. The minimum atomic E-state index is -0.475. The van der Waals surface area contributed by atoms with E-state index < -0.39 is 11.9 Å². The van der Waals surface area contributed by atoms with Gasteiger partial charge in [-0.15, -0.1) is 0 Å². The van der Waals surface area contributed by atoms with Gasteiger partial charge >= 0.3 is 6.03 Å². The zero-order chi connectivity index (χ0) is 20.4. The van der Waals surface area contributed by atoms with E-state index in [1.807, 2.05) is 36.5 Å². The normalized spacial score (nSPS) is 15.6. The molecular weight excluding hydrogens is 373 g/mol. The Bertz CT molecular complexity index is 1030. The number of fused-ring (bicyclic) bond motifs is 1. The van der Waals surface area contributed by atoms with Gasteiger partial charge < -0.3 is 24.3 Å². The molecule has 0 radical (unpaired) electrons. The predicted molar refractivity (Wildman–Crippen MR) is 108 cm³/mol. The lowest BCUT2D eigenvalue weighted by Crippen LogP contribution is -2.44. The summed E-state index contributed by atoms with van der Waals surface area (Å²) in [4.78, 5) is 14.8. The standard InChI is InChI=1S/C22H22FN3O3/c1-28-15-9-10-20(29-2)16(14-15)21-19-8-5-11-25(19)12-13-26(21)22(27)24-18-7-4-3-6-17(18)23/h3-11,14,21H,12-13H2,1-2H3,(H,24,27)/t21-/m0/s1. The van der Waals surface area contributed by atoms with Gasteiger partial charge in [0.2, 0.25) is 0 Å². The average Bonchev–Trinajstić information content (AvgIpc) is 3.23. The minimum absolute atomic E-state index is 0.148. The van der Waals surface area contributed by atoms with Crippen LogP contribution < -0.4 is 14.8 Å². The van der Waals surface area contributed by atoms with E-state index >= 15 is 0 Å². The van der Waals surface area contributed by atoms with Crippen molar-refractivity contribution in [3.63, 3.8) is 0 Å². The number of amides is 2. The number of carbonyl (C=O) groups is 1. The number of urea groups is 1. The largest absolute Gasteiger partial charge is 0.497 e. The Kier molecular flexibility index (Phi) is 5.12. The summed E-state index contributed by atoms with van der Waals surface area (Å²) < 4.78 is 27.1. The van der Waals surface area contributed by atoms with E-state index in [0.717, 1.165) is 11.3 Å². The van der Waals surface area contributed by atoms with Crippen LogP contribution in [0.5, 0.6) is 11.5 Å². The van der Waals surface area contributed by atoms with Crippen molar-refractivity contribution in [2.45, 2.75) is 12.6 Å². The number of halogens is 1. The van der Waals surface area contributed by atoms with Gasteiger partial charge in [-0.25, -0.2) is 9.18 Å². The van der Waals surface area contributed by atoms with Gasteiger partial charge in [0.05, 0.1) is 19.9 Å². The molecule has 0 unspecified atom stereocenters. The molecule has 0 saturated carbocycles. The molecule has 0 fully saturated rings. The first-order chi connectivity index (χ1) is 14.1. The van der Waals surface area contributed by atoms with Crippen molar-refractivity contribution in [2.24, 2.45) is 0 Å². The van der Waals surface area contributed by atoms with Crippen molar-refractivity contribution < 1.29 is 18.7 Å². The molecule has 3 aromatic rings. The summed E-state index contributed by atoms with van der Waals surface area (Å²) in [5, 5.41) is 2.70. The molecule has 0 bridgehead atoms. The van der Waals surface area contributed by atoms with E-state index in [1.165, 1.54) is 6.07 Å². The SMILES string of the molecule is COc1ccc(OC)c([C@H]2c3cccn3CCN2C(=O)Nc2ccccc2F)c1. The summed E-state index contributed by atoms with van der Waals surface area (Å²) in [7, 11) is 3.19. The maximum Gasteiger partial charge on any atom is 0.322 e. The molecule has 1 aromatic heterocycles. The van der Waals surface area contributed by atoms with Crippen LogP contribution in [0.25, 0.3) is 0 Å². The summed E-state index contributed by atoms with van der Waals surface area (Å²) in [5.41, 5.74) is 1.90. The van der Waals surface area contributed by atoms with Crippen LogP contribution in [0.3, 0.4) is 0 Å². The number of benzene rings is 2. The number of nitrogens with one attached hydrogen (secondary N) is 1. The Hall–Kier alpha value is -3.48. The van der Waals surface area contributed by atoms with Crippen LogP contribution in [-0.2, 0) is 6.54 Å². The highest BCUT2D eigenvalue weighted by Gasteiger charge is 2.34. The topological polar surface area (TPSA) is 55.7 Å². The number of para-hydroxylation sites is 1. The van der Waals surface area contributed by atoms with Crippen LogP contribution in [0, 0.1) is 5.82 Å². The molecule has 2 aromatic carbocycles. The monoisotopic (exact) mass is 395 g/mol. The minimum Gasteiger partial charge on any atom is -0.497 e. The highest BCUT2D eigenvalue weighted by atomic mass is 19.1. The molecular formula is C22H22FN3O3. The number of rotatable bonds is 4. The van der Waals surface area contributed by atoms with Crippen LogP contribution in [0.2, 0.25) is 0 Å². The van der Waals surface area contributed by atoms with Crippen molar-refractivity contribution in [1.29, 1.82) is 0 Å². The van der Waals surface area contributed by atoms with Crippen molar-refractivity contribution in [2.75, 3.05) is 26.1 Å². The van der Waals surface area contributed by atoms with Crippen molar-refractivity contribution in [1.82, 2.24) is 9.47 Å². The van der Waals surface area contributed by atoms with Gasteiger partial charge in [-0.05, 0) is 42.5 Å². The molecule has 150 valence electrons. The van der Waals surface area contributed by atoms with Gasteiger partial charge in [-0.1, -0.05) is 12.1 Å². The highest BCUT2D eigenvalue weighted by molar-refractivity contribution is 5.90. The third kappa shape index (κ3) is 3.51. The third-order valence-corrected chi connectivity index (χ3v) is 5.15. The van der Waals surface area contributed by atoms with E-state index in [9.17, 15) is 9.18 Å². The van der Waals surface area contributed by atoms with Gasteiger partial charge in [-0.2, -0.15) is 0 Å². The van der Waals surface area contributed by atoms with Crippen LogP contribution in [0.4, 0.5) is 14.9 Å². The number of carbonyl (C=O) groups excluding carboxylic acids is 1. The molecule has 7 heteroatoms. The molecule has 1 atom stereocenters. The molecule has 6 nitrogen and oxygen atoms in total. The summed E-state index contributed by atoms with van der Waals surface area (Å²) in [6.45, 7) is 1.11. The number of hydrogen-bond donors (Lipinski definition) is 1. The molecule has 2 heterocycles. The van der Waals surface area contributed by atoms with Gasteiger partial charge in [-0.3, -0.25) is 0 Å². The Morgan fingerprint density at radius 3 is 2.66 bits per heavy atom. The zero-order valence-corrected chi connectivity index (χ0v) is 16.3. The molecule has 1 aliphatic heterocycles. The van der Waals surface area contributed by atoms with E-state index in [1.54, 1.807) is 37.3 Å². The predicted octanol–water partition coefficient (Wildman–Crippen LogP) is 4.28. The van der Waals surface area contributed by atoms with Crippen LogP contribution >= 0.6 is 0 Å². The summed E-state index contributed by atoms with van der Waals surface area (Å²) in [6.07, 6.45) is 1.99. The van der Waals surface area contributed by atoms with Gasteiger partial charge in [0.15, 0.2) is 0 Å². The second kappa shape index (κ2) is 7.87. The molecule has 0 saturated heterocycles. The van der Waals surface area contributed by atoms with Gasteiger partial charge in [0.1, 0.15) is 23.4 Å². The lowest BCUT2D eigenvalue weighted by Gasteiger charge is -2.37. The number of methoxy groups -OCH3 is 2. The Labute approximate surface area is 168 Å². The molecule has 0 aliphatic carbocycles. The first-order valence-electron chi connectivity index (χ1n) is 9.31. The van der Waals surface area contributed by atoms with Crippen LogP contribution in [-0.4, -0.2) is 36.3 Å². The molecule has 29 heavy (non-hydrogen) atoms. The Morgan fingerprint density at radius 2 is 1.90 bits per heavy atom. The average molecular weight is 395 g/mol. The van der Waals surface area contributed by atoms with Gasteiger partial charge in [0.25, 0.3) is 0 Å². The van der Waals surface area contributed by atoms with Crippen molar-refractivity contribution >= 4 is 11.7 Å². The number of hydrogen-bond acceptors (Lipinski definition) is 3. The Morgan fingerprint density at radius 1 is 1.07 bits per heavy atom. The van der Waals surface area contributed by atoms with Crippen molar-refractivity contribution in [3.8, 4) is 11.5 Å². The molecule has 4 rings (SSSR count). The summed E-state index contributed by atoms with van der Waals surface area (Å²) >= 11 is 0. The summed E-state index contributed by atoms with van der Waals surface area (Å²) in [5.74, 6) is 0.838. The number of nitrogens with zero attached hydrogens (tertiary/aromatic N) is 2. The third-order valence-electron chi connectivity index (χ3n) is 5.15. The van der Waals surface area contributed by atoms with Crippen LogP contribution in [0.1, 0.15) is 17.3 Å². The lowest BCUT2D eigenvalue weighted by atomic mass is 9.98. The molecule has 0 spiro atoms. The quantitative estimate of drug-likeness (QED) is 0.717. The zero-order valence-electron chi connectivity index (χ0n) is 16.3. The molecule has 1 N–H and O–H groups in total. The second-order valence-electron chi connectivity index (χ2n) is 6.74. The molecule has 1 aliphatic rings. The van der Waals surface area contributed by atoms with Crippen LogP contribution in [0.15, 0.2) is 60.8 Å². The number of aromatic nitrogens is 1. The van der Waals surface area contributed by atoms with E-state index in [2.05, 4.69) is 9.88 Å². The number of ether oxygens (including phenoxy) is 2. The fourth-order valence-corrected chi connectivity index (χ4v) is 3.73. The number of anilines is 1. The first-order valence-corrected chi connectivity index (χ1v) is 9.31.